The molecule has 4 rings (SSSR count). The van der Waals surface area contributed by atoms with Crippen molar-refractivity contribution in [2.24, 2.45) is 5.41 Å². The maximum Gasteiger partial charge on any atom is 0.146 e. The first-order valence-electron chi connectivity index (χ1n) is 9.33. The Morgan fingerprint density at radius 2 is 1.61 bits per heavy atom. The van der Waals surface area contributed by atoms with Gasteiger partial charge >= 0.3 is 0 Å². The van der Waals surface area contributed by atoms with E-state index in [-0.39, 0.29) is 5.41 Å². The molecule has 0 bridgehead atoms. The Labute approximate surface area is 164 Å². The molecule has 0 spiro atoms. The van der Waals surface area contributed by atoms with Gasteiger partial charge in [0, 0.05) is 18.3 Å². The number of ether oxygens (including phenoxy) is 1. The molecule has 0 saturated carbocycles. The molecule has 4 aromatic rings. The fourth-order valence-electron chi connectivity index (χ4n) is 3.32. The molecule has 0 aliphatic rings. The van der Waals surface area contributed by atoms with Gasteiger partial charge in [0.25, 0.3) is 0 Å². The summed E-state index contributed by atoms with van der Waals surface area (Å²) in [5.74, 6) is 2.10. The number of benzene rings is 2. The van der Waals surface area contributed by atoms with Crippen LogP contribution in [-0.4, -0.2) is 14.5 Å². The smallest absolute Gasteiger partial charge is 0.146 e. The van der Waals surface area contributed by atoms with E-state index in [1.807, 2.05) is 54.6 Å². The van der Waals surface area contributed by atoms with Crippen molar-refractivity contribution in [2.75, 3.05) is 5.73 Å². The average Bonchev–Trinajstić information content (AvgIpc) is 3.01. The zero-order valence-corrected chi connectivity index (χ0v) is 16.4. The van der Waals surface area contributed by atoms with Crippen LogP contribution in [0.4, 0.5) is 5.82 Å². The van der Waals surface area contributed by atoms with Crippen molar-refractivity contribution in [2.45, 2.75) is 27.3 Å². The van der Waals surface area contributed by atoms with Crippen LogP contribution in [0, 0.1) is 5.41 Å². The molecule has 0 unspecified atom stereocenters. The average molecular weight is 372 g/mol. The van der Waals surface area contributed by atoms with Gasteiger partial charge < -0.3 is 15.0 Å². The van der Waals surface area contributed by atoms with Gasteiger partial charge in [-0.3, -0.25) is 0 Å². The van der Waals surface area contributed by atoms with Crippen molar-refractivity contribution < 1.29 is 4.74 Å². The lowest BCUT2D eigenvalue weighted by Gasteiger charge is -2.19. The van der Waals surface area contributed by atoms with Gasteiger partial charge in [-0.15, -0.1) is 0 Å². The predicted molar refractivity (Wildman–Crippen MR) is 113 cm³/mol. The molecule has 5 nitrogen and oxygen atoms in total. The number of anilines is 1. The third kappa shape index (κ3) is 3.69. The molecule has 2 aromatic carbocycles. The van der Waals surface area contributed by atoms with Crippen LogP contribution in [-0.2, 0) is 6.54 Å². The van der Waals surface area contributed by atoms with Crippen LogP contribution in [0.25, 0.3) is 22.2 Å². The van der Waals surface area contributed by atoms with Crippen LogP contribution in [0.5, 0.6) is 11.5 Å². The van der Waals surface area contributed by atoms with Gasteiger partial charge in [0.05, 0.1) is 5.39 Å². The number of nitrogens with two attached hydrogens (primary N) is 1. The van der Waals surface area contributed by atoms with E-state index in [0.717, 1.165) is 40.2 Å². The highest BCUT2D eigenvalue weighted by molar-refractivity contribution is 6.00. The van der Waals surface area contributed by atoms with Gasteiger partial charge in [0.15, 0.2) is 0 Å². The summed E-state index contributed by atoms with van der Waals surface area (Å²) in [5.41, 5.74) is 9.29. The van der Waals surface area contributed by atoms with Gasteiger partial charge in [-0.05, 0) is 35.2 Å². The first-order chi connectivity index (χ1) is 13.4. The zero-order valence-electron chi connectivity index (χ0n) is 16.4. The highest BCUT2D eigenvalue weighted by Gasteiger charge is 2.19. The summed E-state index contributed by atoms with van der Waals surface area (Å²) < 4.78 is 8.06. The summed E-state index contributed by atoms with van der Waals surface area (Å²) in [7, 11) is 0. The Bertz CT molecular complexity index is 1090. The summed E-state index contributed by atoms with van der Waals surface area (Å²) >= 11 is 0. The van der Waals surface area contributed by atoms with Crippen LogP contribution in [0.3, 0.4) is 0 Å². The van der Waals surface area contributed by atoms with Crippen molar-refractivity contribution in [3.63, 3.8) is 0 Å². The quantitative estimate of drug-likeness (QED) is 0.512. The van der Waals surface area contributed by atoms with E-state index >= 15 is 0 Å². The number of hydrogen-bond donors (Lipinski definition) is 1. The molecule has 2 aromatic heterocycles. The minimum Gasteiger partial charge on any atom is -0.457 e. The summed E-state index contributed by atoms with van der Waals surface area (Å²) in [4.78, 5) is 8.70. The Hall–Kier alpha value is -3.34. The first-order valence-corrected chi connectivity index (χ1v) is 9.33. The number of fused-ring (bicyclic) bond motifs is 1. The van der Waals surface area contributed by atoms with Crippen LogP contribution >= 0.6 is 0 Å². The maximum absolute atomic E-state index is 6.21. The molecule has 0 fully saturated rings. The van der Waals surface area contributed by atoms with E-state index in [2.05, 4.69) is 41.5 Å². The number of aromatic nitrogens is 3. The third-order valence-electron chi connectivity index (χ3n) is 4.47. The Balaban J connectivity index is 1.72. The second kappa shape index (κ2) is 7.00. The molecule has 0 aliphatic heterocycles. The molecule has 28 heavy (non-hydrogen) atoms. The predicted octanol–water partition coefficient (Wildman–Crippen LogP) is 5.52. The number of nitrogens with zero attached hydrogens (tertiary/aromatic N) is 3. The van der Waals surface area contributed by atoms with Crippen molar-refractivity contribution in [1.82, 2.24) is 14.5 Å². The van der Waals surface area contributed by atoms with Crippen molar-refractivity contribution in [1.29, 1.82) is 0 Å². The number of nitrogen functional groups attached to an aromatic ring is 1. The van der Waals surface area contributed by atoms with E-state index < -0.39 is 0 Å². The lowest BCUT2D eigenvalue weighted by molar-refractivity contribution is 0.348. The Kier molecular flexibility index (Phi) is 4.51. The highest BCUT2D eigenvalue weighted by atomic mass is 16.5. The van der Waals surface area contributed by atoms with E-state index in [1.54, 1.807) is 0 Å². The maximum atomic E-state index is 6.21. The standard InChI is InChI=1S/C23H24N4O/c1-23(2,3)14-27-13-19(20-21(24)25-15-26-22(20)27)16-9-11-18(12-10-16)28-17-7-5-4-6-8-17/h4-13,15H,14H2,1-3H3,(H2,24,25,26). The summed E-state index contributed by atoms with van der Waals surface area (Å²) in [6.07, 6.45) is 3.64. The Morgan fingerprint density at radius 3 is 2.29 bits per heavy atom. The van der Waals surface area contributed by atoms with Gasteiger partial charge in [0.2, 0.25) is 0 Å². The van der Waals surface area contributed by atoms with E-state index in [9.17, 15) is 0 Å². The number of para-hydroxylation sites is 1. The second-order valence-corrected chi connectivity index (χ2v) is 8.13. The monoisotopic (exact) mass is 372 g/mol. The molecule has 0 saturated heterocycles. The van der Waals surface area contributed by atoms with E-state index in [0.29, 0.717) is 5.82 Å². The van der Waals surface area contributed by atoms with Crippen LogP contribution < -0.4 is 10.5 Å². The van der Waals surface area contributed by atoms with E-state index in [4.69, 9.17) is 10.5 Å². The second-order valence-electron chi connectivity index (χ2n) is 8.13. The molecule has 0 amide bonds. The molecular weight excluding hydrogens is 348 g/mol. The zero-order chi connectivity index (χ0) is 19.7. The van der Waals surface area contributed by atoms with Crippen LogP contribution in [0.1, 0.15) is 20.8 Å². The summed E-state index contributed by atoms with van der Waals surface area (Å²) in [5, 5.41) is 0.892. The molecule has 0 aliphatic carbocycles. The number of hydrogen-bond acceptors (Lipinski definition) is 4. The lowest BCUT2D eigenvalue weighted by Crippen LogP contribution is -2.15. The molecule has 0 radical (unpaired) electrons. The molecule has 2 N–H and O–H groups in total. The van der Waals surface area contributed by atoms with Gasteiger partial charge in [-0.2, -0.15) is 0 Å². The van der Waals surface area contributed by atoms with Crippen LogP contribution in [0.2, 0.25) is 0 Å². The topological polar surface area (TPSA) is 66.0 Å². The van der Waals surface area contributed by atoms with Gasteiger partial charge in [-0.1, -0.05) is 51.1 Å². The van der Waals surface area contributed by atoms with Gasteiger partial charge in [0.1, 0.15) is 29.3 Å². The Morgan fingerprint density at radius 1 is 0.929 bits per heavy atom. The minimum atomic E-state index is 0.121. The lowest BCUT2D eigenvalue weighted by atomic mass is 9.97. The van der Waals surface area contributed by atoms with Crippen LogP contribution in [0.15, 0.2) is 67.1 Å². The fourth-order valence-corrected chi connectivity index (χ4v) is 3.32. The molecule has 0 atom stereocenters. The molecular formula is C23H24N4O. The van der Waals surface area contributed by atoms with Crippen molar-refractivity contribution in [3.05, 3.63) is 67.1 Å². The third-order valence-corrected chi connectivity index (χ3v) is 4.47. The highest BCUT2D eigenvalue weighted by Crippen LogP contribution is 2.35. The summed E-state index contributed by atoms with van der Waals surface area (Å²) in [6, 6.07) is 17.8. The summed E-state index contributed by atoms with van der Waals surface area (Å²) in [6.45, 7) is 7.46. The van der Waals surface area contributed by atoms with E-state index in [1.165, 1.54) is 6.33 Å². The number of rotatable bonds is 4. The fraction of sp³-hybridized carbons (Fsp3) is 0.217. The SMILES string of the molecule is CC(C)(C)Cn1cc(-c2ccc(Oc3ccccc3)cc2)c2c(N)ncnc21. The van der Waals surface area contributed by atoms with Crippen molar-refractivity contribution >= 4 is 16.9 Å². The molecule has 5 heteroatoms. The molecule has 142 valence electrons. The largest absolute Gasteiger partial charge is 0.457 e. The normalized spacial score (nSPS) is 11.7. The molecule has 2 heterocycles. The minimum absolute atomic E-state index is 0.121. The van der Waals surface area contributed by atoms with Gasteiger partial charge in [-0.25, -0.2) is 9.97 Å². The first kappa shape index (κ1) is 18.0. The van der Waals surface area contributed by atoms with Crippen molar-refractivity contribution in [3.8, 4) is 22.6 Å².